The van der Waals surface area contributed by atoms with E-state index in [1.807, 2.05) is 65.1 Å². The highest BCUT2D eigenvalue weighted by Crippen LogP contribution is 2.13. The van der Waals surface area contributed by atoms with Crippen molar-refractivity contribution < 1.29 is 9.53 Å². The summed E-state index contributed by atoms with van der Waals surface area (Å²) in [4.78, 5) is 21.9. The lowest BCUT2D eigenvalue weighted by atomic mass is 10.1. The molecular formula is C21H31N5O2S. The van der Waals surface area contributed by atoms with Crippen LogP contribution in [0.5, 0.6) is 0 Å². The van der Waals surface area contributed by atoms with Crippen LogP contribution in [0, 0.1) is 6.92 Å². The van der Waals surface area contributed by atoms with Gasteiger partial charge in [-0.1, -0.05) is 12.1 Å². The molecule has 0 aliphatic heterocycles. The summed E-state index contributed by atoms with van der Waals surface area (Å²) in [5, 5.41) is 10.3. The maximum atomic E-state index is 11.8. The van der Waals surface area contributed by atoms with Crippen molar-refractivity contribution in [2.24, 2.45) is 4.99 Å². The Bertz CT molecular complexity index is 809. The third-order valence-corrected chi connectivity index (χ3v) is 4.59. The number of hydrogen-bond donors (Lipinski definition) is 3. The van der Waals surface area contributed by atoms with E-state index in [2.05, 4.69) is 25.9 Å². The van der Waals surface area contributed by atoms with Gasteiger partial charge in [0.1, 0.15) is 10.6 Å². The molecule has 0 fully saturated rings. The average Bonchev–Trinajstić information content (AvgIpc) is 3.05. The summed E-state index contributed by atoms with van der Waals surface area (Å²) in [7, 11) is 0. The highest BCUT2D eigenvalue weighted by Gasteiger charge is 2.16. The number of guanidine groups is 1. The molecule has 7 nitrogen and oxygen atoms in total. The lowest BCUT2D eigenvalue weighted by Crippen LogP contribution is -2.38. The number of aryl methyl sites for hydroxylation is 1. The number of nitrogens with zero attached hydrogens (tertiary/aromatic N) is 2. The zero-order valence-electron chi connectivity index (χ0n) is 17.8. The fourth-order valence-corrected chi connectivity index (χ4v) is 3.18. The Morgan fingerprint density at radius 1 is 1.21 bits per heavy atom. The molecule has 0 spiro atoms. The maximum absolute atomic E-state index is 11.8. The van der Waals surface area contributed by atoms with Crippen molar-refractivity contribution in [2.75, 3.05) is 18.4 Å². The zero-order chi connectivity index (χ0) is 21.3. The molecule has 29 heavy (non-hydrogen) atoms. The Kier molecular flexibility index (Phi) is 8.45. The molecule has 0 atom stereocenters. The Morgan fingerprint density at radius 3 is 2.52 bits per heavy atom. The number of aliphatic imine (C=N–C) groups is 1. The predicted octanol–water partition coefficient (Wildman–Crippen LogP) is 4.10. The first-order valence-corrected chi connectivity index (χ1v) is 10.6. The molecule has 3 N–H and O–H groups in total. The number of ether oxygens (including phenoxy) is 1. The summed E-state index contributed by atoms with van der Waals surface area (Å²) in [6.45, 7) is 11.7. The Balaban J connectivity index is 1.81. The summed E-state index contributed by atoms with van der Waals surface area (Å²) in [5.41, 5.74) is 1.36. The molecule has 2 aromatic rings. The number of hydrogen-bond acceptors (Lipinski definition) is 5. The molecule has 2 rings (SSSR count). The van der Waals surface area contributed by atoms with Gasteiger partial charge in [-0.2, -0.15) is 0 Å². The monoisotopic (exact) mass is 417 g/mol. The lowest BCUT2D eigenvalue weighted by molar-refractivity contribution is 0.0636. The quantitative estimate of drug-likeness (QED) is 0.466. The first-order chi connectivity index (χ1) is 13.7. The number of amides is 1. The van der Waals surface area contributed by atoms with Crippen molar-refractivity contribution in [3.8, 4) is 0 Å². The van der Waals surface area contributed by atoms with Gasteiger partial charge in [-0.05, 0) is 58.7 Å². The number of nitrogens with one attached hydrogen (secondary N) is 3. The molecule has 0 saturated heterocycles. The molecule has 0 saturated carbocycles. The number of aromatic nitrogens is 1. The molecule has 0 unspecified atom stereocenters. The smallest absolute Gasteiger partial charge is 0.412 e. The van der Waals surface area contributed by atoms with E-state index in [0.29, 0.717) is 12.2 Å². The van der Waals surface area contributed by atoms with Crippen LogP contribution in [-0.4, -0.2) is 35.7 Å². The van der Waals surface area contributed by atoms with Gasteiger partial charge in [0, 0.05) is 29.9 Å². The van der Waals surface area contributed by atoms with Gasteiger partial charge in [-0.25, -0.2) is 14.8 Å². The fourth-order valence-electron chi connectivity index (χ4n) is 2.46. The van der Waals surface area contributed by atoms with E-state index in [0.717, 1.165) is 30.5 Å². The lowest BCUT2D eigenvalue weighted by Gasteiger charge is -2.19. The fraction of sp³-hybridized carbons (Fsp3) is 0.476. The molecule has 0 aliphatic carbocycles. The molecule has 1 aromatic heterocycles. The van der Waals surface area contributed by atoms with Crippen LogP contribution in [0.15, 0.2) is 35.5 Å². The number of benzene rings is 1. The van der Waals surface area contributed by atoms with Gasteiger partial charge in [-0.15, -0.1) is 11.3 Å². The Hall–Kier alpha value is -2.61. The van der Waals surface area contributed by atoms with E-state index in [1.165, 1.54) is 10.4 Å². The van der Waals surface area contributed by atoms with Crippen LogP contribution in [0.25, 0.3) is 0 Å². The first kappa shape index (κ1) is 22.7. The van der Waals surface area contributed by atoms with E-state index in [-0.39, 0.29) is 0 Å². The molecule has 1 heterocycles. The van der Waals surface area contributed by atoms with E-state index in [1.54, 1.807) is 11.3 Å². The van der Waals surface area contributed by atoms with Crippen LogP contribution in [0.1, 0.15) is 43.1 Å². The summed E-state index contributed by atoms with van der Waals surface area (Å²) in [6.07, 6.45) is 2.26. The van der Waals surface area contributed by atoms with Crippen LogP contribution in [0.3, 0.4) is 0 Å². The maximum Gasteiger partial charge on any atom is 0.412 e. The minimum absolute atomic E-state index is 0.450. The highest BCUT2D eigenvalue weighted by molar-refractivity contribution is 7.11. The summed E-state index contributed by atoms with van der Waals surface area (Å²) >= 11 is 1.66. The van der Waals surface area contributed by atoms with Gasteiger partial charge in [0.15, 0.2) is 5.96 Å². The third kappa shape index (κ3) is 8.95. The second-order valence-electron chi connectivity index (χ2n) is 7.56. The second kappa shape index (κ2) is 10.8. The van der Waals surface area contributed by atoms with E-state index in [4.69, 9.17) is 4.74 Å². The molecule has 1 aromatic carbocycles. The van der Waals surface area contributed by atoms with Crippen molar-refractivity contribution in [2.45, 2.75) is 53.2 Å². The molecule has 0 aliphatic rings. The van der Waals surface area contributed by atoms with Crippen molar-refractivity contribution in [3.63, 3.8) is 0 Å². The SMILES string of the molecule is CCNC(=NCc1ncc(C)s1)NCCc1ccc(NC(=O)OC(C)(C)C)cc1. The van der Waals surface area contributed by atoms with Gasteiger partial charge in [-0.3, -0.25) is 5.32 Å². The van der Waals surface area contributed by atoms with E-state index < -0.39 is 11.7 Å². The van der Waals surface area contributed by atoms with Gasteiger partial charge < -0.3 is 15.4 Å². The van der Waals surface area contributed by atoms with Crippen LogP contribution in [0.4, 0.5) is 10.5 Å². The predicted molar refractivity (Wildman–Crippen MR) is 120 cm³/mol. The van der Waals surface area contributed by atoms with Crippen LogP contribution in [-0.2, 0) is 17.7 Å². The highest BCUT2D eigenvalue weighted by atomic mass is 32.1. The molecular weight excluding hydrogens is 386 g/mol. The molecule has 158 valence electrons. The average molecular weight is 418 g/mol. The Labute approximate surface area is 177 Å². The van der Waals surface area contributed by atoms with Crippen LogP contribution >= 0.6 is 11.3 Å². The first-order valence-electron chi connectivity index (χ1n) is 9.77. The molecule has 0 radical (unpaired) electrons. The zero-order valence-corrected chi connectivity index (χ0v) is 18.7. The van der Waals surface area contributed by atoms with Crippen molar-refractivity contribution >= 4 is 29.1 Å². The van der Waals surface area contributed by atoms with Gasteiger partial charge >= 0.3 is 6.09 Å². The standard InChI is InChI=1S/C21H31N5O2S/c1-6-22-19(25-14-18-24-13-15(2)29-18)23-12-11-16-7-9-17(10-8-16)26-20(27)28-21(3,4)5/h7-10,13H,6,11-12,14H2,1-5H3,(H,26,27)(H2,22,23,25). The normalized spacial score (nSPS) is 11.8. The summed E-state index contributed by atoms with van der Waals surface area (Å²) in [5.74, 6) is 0.781. The van der Waals surface area contributed by atoms with Gasteiger partial charge in [0.05, 0.1) is 6.54 Å². The minimum Gasteiger partial charge on any atom is -0.444 e. The van der Waals surface area contributed by atoms with Gasteiger partial charge in [0.25, 0.3) is 0 Å². The largest absolute Gasteiger partial charge is 0.444 e. The minimum atomic E-state index is -0.514. The van der Waals surface area contributed by atoms with Crippen LogP contribution < -0.4 is 16.0 Å². The number of rotatable bonds is 7. The second-order valence-corrected chi connectivity index (χ2v) is 8.88. The third-order valence-electron chi connectivity index (χ3n) is 3.69. The number of carbonyl (C=O) groups is 1. The molecule has 8 heteroatoms. The number of anilines is 1. The van der Waals surface area contributed by atoms with Crippen LogP contribution in [0.2, 0.25) is 0 Å². The van der Waals surface area contributed by atoms with Crippen molar-refractivity contribution in [1.29, 1.82) is 0 Å². The van der Waals surface area contributed by atoms with E-state index >= 15 is 0 Å². The van der Waals surface area contributed by atoms with Gasteiger partial charge in [0.2, 0.25) is 0 Å². The Morgan fingerprint density at radius 2 is 1.93 bits per heavy atom. The van der Waals surface area contributed by atoms with Crippen molar-refractivity contribution in [1.82, 2.24) is 15.6 Å². The topological polar surface area (TPSA) is 87.6 Å². The summed E-state index contributed by atoms with van der Waals surface area (Å²) in [6, 6.07) is 7.75. The van der Waals surface area contributed by atoms with Crippen molar-refractivity contribution in [3.05, 3.63) is 45.9 Å². The number of thiazole rings is 1. The number of carbonyl (C=O) groups excluding carboxylic acids is 1. The summed E-state index contributed by atoms with van der Waals surface area (Å²) < 4.78 is 5.26. The molecule has 1 amide bonds. The van der Waals surface area contributed by atoms with E-state index in [9.17, 15) is 4.79 Å². The molecule has 0 bridgehead atoms.